The highest BCUT2D eigenvalue weighted by molar-refractivity contribution is 5.38. The zero-order chi connectivity index (χ0) is 13.0. The number of hydrogen-bond donors (Lipinski definition) is 2. The van der Waals surface area contributed by atoms with E-state index in [1.165, 1.54) is 24.0 Å². The van der Waals surface area contributed by atoms with Gasteiger partial charge in [-0.3, -0.25) is 0 Å². The number of ether oxygens (including phenoxy) is 1. The lowest BCUT2D eigenvalue weighted by molar-refractivity contribution is 0.398. The molecule has 18 heavy (non-hydrogen) atoms. The Bertz CT molecular complexity index is 386. The minimum Gasteiger partial charge on any atom is -0.496 e. The molecule has 3 heteroatoms. The van der Waals surface area contributed by atoms with Crippen molar-refractivity contribution < 1.29 is 4.74 Å². The van der Waals surface area contributed by atoms with Crippen molar-refractivity contribution in [2.45, 2.75) is 38.8 Å². The molecule has 0 aliphatic carbocycles. The number of aryl methyl sites for hydroxylation is 1. The second kappa shape index (κ2) is 6.21. The summed E-state index contributed by atoms with van der Waals surface area (Å²) in [5.74, 6) is 0.972. The van der Waals surface area contributed by atoms with Crippen molar-refractivity contribution in [1.29, 1.82) is 0 Å². The van der Waals surface area contributed by atoms with Crippen LogP contribution in [-0.2, 0) is 0 Å². The Hall–Kier alpha value is -1.06. The number of nitrogens with one attached hydrogen (secondary N) is 2. The van der Waals surface area contributed by atoms with Gasteiger partial charge in [-0.2, -0.15) is 0 Å². The van der Waals surface area contributed by atoms with E-state index in [0.717, 1.165) is 18.8 Å². The molecule has 1 saturated heterocycles. The third kappa shape index (κ3) is 3.24. The smallest absolute Gasteiger partial charge is 0.123 e. The van der Waals surface area contributed by atoms with Gasteiger partial charge in [0.1, 0.15) is 5.75 Å². The molecule has 1 aromatic carbocycles. The van der Waals surface area contributed by atoms with Crippen LogP contribution >= 0.6 is 0 Å². The van der Waals surface area contributed by atoms with Gasteiger partial charge in [0.05, 0.1) is 7.11 Å². The highest BCUT2D eigenvalue weighted by Gasteiger charge is 2.16. The Morgan fingerprint density at radius 1 is 1.50 bits per heavy atom. The van der Waals surface area contributed by atoms with Crippen LogP contribution in [-0.4, -0.2) is 26.2 Å². The molecule has 2 N–H and O–H groups in total. The third-order valence-corrected chi connectivity index (χ3v) is 3.68. The average molecular weight is 248 g/mol. The SMILES string of the molecule is COc1ccc(C)cc1C(C)NCC1CCCN1. The van der Waals surface area contributed by atoms with Crippen molar-refractivity contribution in [2.75, 3.05) is 20.2 Å². The summed E-state index contributed by atoms with van der Waals surface area (Å²) < 4.78 is 5.44. The minimum absolute atomic E-state index is 0.322. The molecular weight excluding hydrogens is 224 g/mol. The highest BCUT2D eigenvalue weighted by atomic mass is 16.5. The standard InChI is InChI=1S/C15H24N2O/c1-11-6-7-15(18-3)14(9-11)12(2)17-10-13-5-4-8-16-13/h6-7,9,12-13,16-17H,4-5,8,10H2,1-3H3. The van der Waals surface area contributed by atoms with Crippen LogP contribution in [0.3, 0.4) is 0 Å². The van der Waals surface area contributed by atoms with Gasteiger partial charge < -0.3 is 15.4 Å². The maximum Gasteiger partial charge on any atom is 0.123 e. The van der Waals surface area contributed by atoms with E-state index in [0.29, 0.717) is 12.1 Å². The molecule has 0 radical (unpaired) electrons. The molecule has 0 amide bonds. The van der Waals surface area contributed by atoms with Gasteiger partial charge in [-0.15, -0.1) is 0 Å². The molecule has 2 rings (SSSR count). The quantitative estimate of drug-likeness (QED) is 0.839. The van der Waals surface area contributed by atoms with Crippen LogP contribution in [0, 0.1) is 6.92 Å². The predicted octanol–water partition coefficient (Wildman–Crippen LogP) is 2.41. The molecule has 0 saturated carbocycles. The number of benzene rings is 1. The van der Waals surface area contributed by atoms with Gasteiger partial charge in [-0.1, -0.05) is 17.7 Å². The van der Waals surface area contributed by atoms with Gasteiger partial charge in [0, 0.05) is 24.2 Å². The van der Waals surface area contributed by atoms with Gasteiger partial charge in [-0.05, 0) is 39.3 Å². The first kappa shape index (κ1) is 13.4. The lowest BCUT2D eigenvalue weighted by Gasteiger charge is -2.20. The third-order valence-electron chi connectivity index (χ3n) is 3.68. The Balaban J connectivity index is 1.98. The second-order valence-electron chi connectivity index (χ2n) is 5.17. The summed E-state index contributed by atoms with van der Waals surface area (Å²) in [5, 5.41) is 7.11. The monoisotopic (exact) mass is 248 g/mol. The van der Waals surface area contributed by atoms with Crippen LogP contribution in [0.15, 0.2) is 18.2 Å². The molecule has 1 fully saturated rings. The zero-order valence-corrected chi connectivity index (χ0v) is 11.6. The molecule has 100 valence electrons. The maximum absolute atomic E-state index is 5.44. The fourth-order valence-corrected chi connectivity index (χ4v) is 2.55. The topological polar surface area (TPSA) is 33.3 Å². The Kier molecular flexibility index (Phi) is 4.61. The highest BCUT2D eigenvalue weighted by Crippen LogP contribution is 2.26. The molecule has 2 atom stereocenters. The van der Waals surface area contributed by atoms with Crippen molar-refractivity contribution in [1.82, 2.24) is 10.6 Å². The lowest BCUT2D eigenvalue weighted by atomic mass is 10.0. The molecule has 0 spiro atoms. The van der Waals surface area contributed by atoms with Crippen LogP contribution < -0.4 is 15.4 Å². The fraction of sp³-hybridized carbons (Fsp3) is 0.600. The van der Waals surface area contributed by atoms with E-state index < -0.39 is 0 Å². The molecule has 0 bridgehead atoms. The average Bonchev–Trinajstić information content (AvgIpc) is 2.89. The lowest BCUT2D eigenvalue weighted by Crippen LogP contribution is -2.35. The summed E-state index contributed by atoms with van der Waals surface area (Å²) in [7, 11) is 1.74. The summed E-state index contributed by atoms with van der Waals surface area (Å²) in [6.07, 6.45) is 2.58. The van der Waals surface area contributed by atoms with Crippen LogP contribution in [0.25, 0.3) is 0 Å². The van der Waals surface area contributed by atoms with Crippen LogP contribution in [0.4, 0.5) is 0 Å². The Morgan fingerprint density at radius 3 is 3.00 bits per heavy atom. The number of methoxy groups -OCH3 is 1. The normalized spacial score (nSPS) is 20.9. The molecule has 0 aromatic heterocycles. The summed E-state index contributed by atoms with van der Waals surface area (Å²) >= 11 is 0. The zero-order valence-electron chi connectivity index (χ0n) is 11.6. The van der Waals surface area contributed by atoms with E-state index in [1.807, 2.05) is 0 Å². The predicted molar refractivity (Wildman–Crippen MR) is 75.2 cm³/mol. The first-order chi connectivity index (χ1) is 8.70. The van der Waals surface area contributed by atoms with Crippen LogP contribution in [0.5, 0.6) is 5.75 Å². The van der Waals surface area contributed by atoms with Gasteiger partial charge in [0.15, 0.2) is 0 Å². The first-order valence-corrected chi connectivity index (χ1v) is 6.82. The first-order valence-electron chi connectivity index (χ1n) is 6.82. The van der Waals surface area contributed by atoms with Crippen molar-refractivity contribution >= 4 is 0 Å². The van der Waals surface area contributed by atoms with Crippen molar-refractivity contribution in [3.63, 3.8) is 0 Å². The fourth-order valence-electron chi connectivity index (χ4n) is 2.55. The minimum atomic E-state index is 0.322. The molecule has 1 aromatic rings. The molecule has 2 unspecified atom stereocenters. The molecule has 1 aliphatic heterocycles. The molecule has 1 aliphatic rings. The molecule has 3 nitrogen and oxygen atoms in total. The molecular formula is C15H24N2O. The summed E-state index contributed by atoms with van der Waals surface area (Å²) in [5.41, 5.74) is 2.52. The van der Waals surface area contributed by atoms with E-state index in [9.17, 15) is 0 Å². The van der Waals surface area contributed by atoms with E-state index in [4.69, 9.17) is 4.74 Å². The van der Waals surface area contributed by atoms with Gasteiger partial charge in [0.2, 0.25) is 0 Å². The Morgan fingerprint density at radius 2 is 2.33 bits per heavy atom. The number of rotatable bonds is 5. The second-order valence-corrected chi connectivity index (χ2v) is 5.17. The van der Waals surface area contributed by atoms with E-state index in [2.05, 4.69) is 42.7 Å². The van der Waals surface area contributed by atoms with Gasteiger partial charge in [-0.25, -0.2) is 0 Å². The maximum atomic E-state index is 5.44. The van der Waals surface area contributed by atoms with Gasteiger partial charge in [0.25, 0.3) is 0 Å². The molecule has 1 heterocycles. The number of hydrogen-bond acceptors (Lipinski definition) is 3. The van der Waals surface area contributed by atoms with Crippen molar-refractivity contribution in [3.8, 4) is 5.75 Å². The summed E-state index contributed by atoms with van der Waals surface area (Å²) in [4.78, 5) is 0. The van der Waals surface area contributed by atoms with E-state index in [-0.39, 0.29) is 0 Å². The van der Waals surface area contributed by atoms with Crippen LogP contribution in [0.2, 0.25) is 0 Å². The van der Waals surface area contributed by atoms with Crippen LogP contribution in [0.1, 0.15) is 36.9 Å². The summed E-state index contributed by atoms with van der Waals surface area (Å²) in [6.45, 7) is 6.51. The largest absolute Gasteiger partial charge is 0.496 e. The Labute approximate surface area is 110 Å². The van der Waals surface area contributed by atoms with Crippen molar-refractivity contribution in [2.24, 2.45) is 0 Å². The summed E-state index contributed by atoms with van der Waals surface area (Å²) in [6, 6.07) is 7.30. The van der Waals surface area contributed by atoms with E-state index in [1.54, 1.807) is 7.11 Å². The van der Waals surface area contributed by atoms with Crippen molar-refractivity contribution in [3.05, 3.63) is 29.3 Å². The van der Waals surface area contributed by atoms with E-state index >= 15 is 0 Å². The van der Waals surface area contributed by atoms with Gasteiger partial charge >= 0.3 is 0 Å².